The number of hydrogen-bond acceptors (Lipinski definition) is 4. The minimum Gasteiger partial charge on any atom is -0.229 e. The zero-order chi connectivity index (χ0) is 44.0. The molecule has 0 N–H and O–H groups in total. The van der Waals surface area contributed by atoms with Gasteiger partial charge in [-0.05, 0) is 108 Å². The summed E-state index contributed by atoms with van der Waals surface area (Å²) in [5.41, 5.74) is 18.2. The van der Waals surface area contributed by atoms with Gasteiger partial charge in [-0.3, -0.25) is 0 Å². The zero-order valence-electron chi connectivity index (χ0n) is 37.4. The van der Waals surface area contributed by atoms with Crippen LogP contribution >= 0.6 is 0 Å². The van der Waals surface area contributed by atoms with Crippen LogP contribution in [0, 0.1) is 0 Å². The summed E-state index contributed by atoms with van der Waals surface area (Å²) < 4.78 is 0. The van der Waals surface area contributed by atoms with E-state index in [1.54, 1.807) is 0 Å². The second-order valence-corrected chi connectivity index (χ2v) is 17.9. The van der Waals surface area contributed by atoms with Gasteiger partial charge in [-0.2, -0.15) is 0 Å². The van der Waals surface area contributed by atoms with Crippen LogP contribution in [0.25, 0.3) is 67.3 Å². The molecule has 0 unspecified atom stereocenters. The van der Waals surface area contributed by atoms with Gasteiger partial charge in [0.05, 0.1) is 22.8 Å². The molecular weight excluding hydrogens is 789 g/mol. The van der Waals surface area contributed by atoms with E-state index in [1.807, 2.05) is 0 Å². The van der Waals surface area contributed by atoms with Gasteiger partial charge in [0.2, 0.25) is 0 Å². The lowest BCUT2D eigenvalue weighted by atomic mass is 9.75. The Hall–Kier alpha value is -7.30. The predicted octanol–water partition coefficient (Wildman–Crippen LogP) is 15.8. The zero-order valence-corrected chi connectivity index (χ0v) is 37.4. The van der Waals surface area contributed by atoms with E-state index < -0.39 is 0 Å². The Labute approximate surface area is 384 Å². The van der Waals surface area contributed by atoms with Crippen LogP contribution in [-0.2, 0) is 5.41 Å². The summed E-state index contributed by atoms with van der Waals surface area (Å²) in [6, 6.07) is 53.8. The molecule has 2 aromatic heterocycles. The highest BCUT2D eigenvalue weighted by Gasteiger charge is 2.27. The van der Waals surface area contributed by atoms with E-state index in [0.29, 0.717) is 0 Å². The third-order valence-electron chi connectivity index (χ3n) is 13.3. The fourth-order valence-electron chi connectivity index (χ4n) is 9.36. The second-order valence-electron chi connectivity index (χ2n) is 17.9. The van der Waals surface area contributed by atoms with Crippen molar-refractivity contribution >= 4 is 22.3 Å². The molecule has 4 heteroatoms. The van der Waals surface area contributed by atoms with Crippen molar-refractivity contribution < 1.29 is 0 Å². The van der Waals surface area contributed by atoms with E-state index in [0.717, 1.165) is 108 Å². The Morgan fingerprint density at radius 3 is 1.62 bits per heavy atom. The van der Waals surface area contributed by atoms with Crippen molar-refractivity contribution in [1.29, 1.82) is 0 Å². The van der Waals surface area contributed by atoms with E-state index >= 15 is 0 Å². The normalized spacial score (nSPS) is 15.4. The van der Waals surface area contributed by atoms with Gasteiger partial charge >= 0.3 is 0 Å². The average molecular weight is 843 g/mol. The van der Waals surface area contributed by atoms with Crippen LogP contribution in [0.5, 0.6) is 0 Å². The first-order valence-corrected chi connectivity index (χ1v) is 23.3. The predicted molar refractivity (Wildman–Crippen MR) is 271 cm³/mol. The highest BCUT2D eigenvalue weighted by atomic mass is 14.9. The molecule has 3 aliphatic carbocycles. The van der Waals surface area contributed by atoms with E-state index in [2.05, 4.69) is 208 Å². The maximum Gasteiger partial charge on any atom is 0.160 e. The molecule has 0 aliphatic heterocycles. The first-order valence-electron chi connectivity index (χ1n) is 23.3. The van der Waals surface area contributed by atoms with Gasteiger partial charge in [-0.1, -0.05) is 201 Å². The van der Waals surface area contributed by atoms with Gasteiger partial charge in [-0.25, -0.2) is 19.9 Å². The third kappa shape index (κ3) is 9.35. The molecule has 0 saturated carbocycles. The van der Waals surface area contributed by atoms with Crippen LogP contribution in [0.2, 0.25) is 0 Å². The number of benzene rings is 5. The van der Waals surface area contributed by atoms with Crippen LogP contribution in [0.3, 0.4) is 0 Å². The molecule has 318 valence electrons. The van der Waals surface area contributed by atoms with Crippen molar-refractivity contribution in [3.8, 4) is 45.0 Å². The van der Waals surface area contributed by atoms with Crippen molar-refractivity contribution in [2.45, 2.75) is 70.6 Å². The van der Waals surface area contributed by atoms with Crippen molar-refractivity contribution in [1.82, 2.24) is 19.9 Å². The van der Waals surface area contributed by atoms with E-state index in [-0.39, 0.29) is 5.41 Å². The Morgan fingerprint density at radius 1 is 0.400 bits per heavy atom. The molecule has 0 fully saturated rings. The number of rotatable bonds is 10. The smallest absolute Gasteiger partial charge is 0.160 e. The molecule has 4 nitrogen and oxygen atoms in total. The minimum absolute atomic E-state index is 0.192. The fraction of sp³-hybridized carbons (Fsp3) is 0.180. The molecular formula is C61H54N4. The maximum atomic E-state index is 5.32. The summed E-state index contributed by atoms with van der Waals surface area (Å²) in [6.07, 6.45) is 24.1. The molecule has 3 aliphatic rings. The largest absolute Gasteiger partial charge is 0.229 e. The van der Waals surface area contributed by atoms with Gasteiger partial charge in [0, 0.05) is 22.1 Å². The summed E-state index contributed by atoms with van der Waals surface area (Å²) in [6.45, 7) is 4.70. The van der Waals surface area contributed by atoms with Crippen LogP contribution in [0.1, 0.15) is 93.6 Å². The Morgan fingerprint density at radius 2 is 0.908 bits per heavy atom. The molecule has 2 heterocycles. The van der Waals surface area contributed by atoms with Gasteiger partial charge in [-0.15, -0.1) is 0 Å². The molecule has 7 aromatic rings. The lowest BCUT2D eigenvalue weighted by Crippen LogP contribution is -2.20. The van der Waals surface area contributed by atoms with Crippen molar-refractivity contribution in [2.24, 2.45) is 0 Å². The number of nitrogens with zero attached hydrogens (tertiary/aromatic N) is 4. The van der Waals surface area contributed by atoms with Crippen LogP contribution < -0.4 is 0 Å². The van der Waals surface area contributed by atoms with Crippen molar-refractivity contribution in [3.05, 3.63) is 228 Å². The Kier molecular flexibility index (Phi) is 12.1. The molecule has 0 saturated heterocycles. The van der Waals surface area contributed by atoms with Gasteiger partial charge in [0.1, 0.15) is 0 Å². The minimum atomic E-state index is -0.192. The molecule has 0 atom stereocenters. The van der Waals surface area contributed by atoms with Gasteiger partial charge < -0.3 is 0 Å². The maximum absolute atomic E-state index is 5.32. The Balaban J connectivity index is 0.944. The van der Waals surface area contributed by atoms with Crippen molar-refractivity contribution in [2.75, 3.05) is 0 Å². The first-order chi connectivity index (χ1) is 31.9. The van der Waals surface area contributed by atoms with E-state index in [1.165, 1.54) is 44.5 Å². The summed E-state index contributed by atoms with van der Waals surface area (Å²) >= 11 is 0. The fourth-order valence-corrected chi connectivity index (χ4v) is 9.36. The van der Waals surface area contributed by atoms with Crippen LogP contribution in [0.4, 0.5) is 0 Å². The molecule has 65 heavy (non-hydrogen) atoms. The quantitative estimate of drug-likeness (QED) is 0.138. The summed E-state index contributed by atoms with van der Waals surface area (Å²) in [4.78, 5) is 20.9. The first kappa shape index (κ1) is 41.7. The Bertz CT molecular complexity index is 3000. The molecule has 0 spiro atoms. The van der Waals surface area contributed by atoms with Gasteiger partial charge in [0.25, 0.3) is 0 Å². The van der Waals surface area contributed by atoms with Crippen LogP contribution in [-0.4, -0.2) is 19.9 Å². The summed E-state index contributed by atoms with van der Waals surface area (Å²) in [7, 11) is 0. The van der Waals surface area contributed by atoms with E-state index in [9.17, 15) is 0 Å². The summed E-state index contributed by atoms with van der Waals surface area (Å²) in [5, 5.41) is 0. The molecule has 10 rings (SSSR count). The molecule has 0 bridgehead atoms. The number of aromatic nitrogens is 4. The van der Waals surface area contributed by atoms with Gasteiger partial charge in [0.15, 0.2) is 11.6 Å². The van der Waals surface area contributed by atoms with Crippen LogP contribution in [0.15, 0.2) is 200 Å². The highest BCUT2D eigenvalue weighted by Crippen LogP contribution is 2.39. The average Bonchev–Trinajstić information content (AvgIpc) is 3.80. The monoisotopic (exact) mass is 842 g/mol. The lowest BCUT2D eigenvalue weighted by Gasteiger charge is -2.29. The van der Waals surface area contributed by atoms with E-state index in [4.69, 9.17) is 19.9 Å². The van der Waals surface area contributed by atoms with Crippen molar-refractivity contribution in [3.63, 3.8) is 0 Å². The topological polar surface area (TPSA) is 51.6 Å². The number of hydrogen-bond donors (Lipinski definition) is 0. The molecule has 0 radical (unpaired) electrons. The standard InChI is InChI=1S/C61H54N4/c1-61(2,54-39-36-52(37-40-54)60-63-56(48-23-13-6-14-24-48)42-58(65-60)50-33-30-46(31-34-50)44-19-9-4-10-20-44)53-28-16-27-51(35-38-53)59-62-55(47-21-11-5-12-22-47)41-57(64-59)49-26-15-25-45(29-32-49)43-17-7-3-8-18-43/h3-5,7-13,17-24,29-42H,6,14-16,25-28H2,1-2H3. The molecule has 5 aromatic carbocycles. The SMILES string of the molecule is CC(C)(C1=CC=C(c2nc(C3=CC=C(c4ccccc4)CCC3)cc(-c3ccccc3)n2)CCC1)c1ccc(-c2nc(C3=CCCC=C3)cc(-c3ccc(-c4ccccc4)cc3)n2)cc1. The lowest BCUT2D eigenvalue weighted by molar-refractivity contribution is 0.585. The second kappa shape index (κ2) is 18.8. The molecule has 0 amide bonds. The third-order valence-corrected chi connectivity index (χ3v) is 13.3. The number of allylic oxidation sites excluding steroid dienone is 12. The summed E-state index contributed by atoms with van der Waals surface area (Å²) in [5.74, 6) is 1.56. The highest BCUT2D eigenvalue weighted by molar-refractivity contribution is 5.79.